The minimum absolute atomic E-state index is 0.719. The van der Waals surface area contributed by atoms with Crippen LogP contribution >= 0.6 is 11.6 Å². The number of alkyl halides is 1. The topological polar surface area (TPSA) is 52.0 Å². The van der Waals surface area contributed by atoms with Crippen LogP contribution in [0, 0.1) is 0 Å². The summed E-state index contributed by atoms with van der Waals surface area (Å²) in [5.74, 6) is 0. The third kappa shape index (κ3) is 1.70. The van der Waals surface area contributed by atoms with E-state index >= 15 is 0 Å². The Labute approximate surface area is 64.8 Å². The Kier molecular flexibility index (Phi) is 1.94. The molecule has 1 aromatic rings. The first-order valence-electron chi connectivity index (χ1n) is 2.93. The predicted molar refractivity (Wildman–Crippen MR) is 42.3 cm³/mol. The molecule has 54 valence electrons. The van der Waals surface area contributed by atoms with Gasteiger partial charge in [-0.05, 0) is 0 Å². The lowest BCUT2D eigenvalue weighted by Crippen LogP contribution is -2.39. The first-order chi connectivity index (χ1) is 4.61. The minimum atomic E-state index is -1.23. The summed E-state index contributed by atoms with van der Waals surface area (Å²) in [6.07, 6.45) is 0. The number of benzene rings is 1. The number of hydrogen-bond acceptors (Lipinski definition) is 2. The highest BCUT2D eigenvalue weighted by Crippen LogP contribution is 2.14. The van der Waals surface area contributed by atoms with Crippen molar-refractivity contribution < 1.29 is 0 Å². The molecule has 0 atom stereocenters. The normalized spacial score (nSPS) is 11.5. The molecule has 0 aliphatic carbocycles. The average molecular weight is 157 g/mol. The van der Waals surface area contributed by atoms with Gasteiger partial charge in [-0.1, -0.05) is 41.9 Å². The van der Waals surface area contributed by atoms with Crippen molar-refractivity contribution in [1.82, 2.24) is 0 Å². The standard InChI is InChI=1S/C7H9ClN2/c8-7(9,10)6-4-2-1-3-5-6/h1-5H,9-10H2. The SMILES string of the molecule is NC(N)(Cl)c1ccccc1. The Morgan fingerprint density at radius 2 is 1.60 bits per heavy atom. The minimum Gasteiger partial charge on any atom is -0.297 e. The van der Waals surface area contributed by atoms with Crippen LogP contribution in [0.2, 0.25) is 0 Å². The number of hydrogen-bond donors (Lipinski definition) is 2. The van der Waals surface area contributed by atoms with Crippen molar-refractivity contribution in [2.45, 2.75) is 5.12 Å². The van der Waals surface area contributed by atoms with Gasteiger partial charge < -0.3 is 0 Å². The molecule has 3 heteroatoms. The smallest absolute Gasteiger partial charge is 0.167 e. The first kappa shape index (κ1) is 7.54. The number of halogens is 1. The van der Waals surface area contributed by atoms with E-state index in [0.29, 0.717) is 0 Å². The quantitative estimate of drug-likeness (QED) is 0.362. The molecule has 0 aliphatic rings. The molecule has 1 aromatic carbocycles. The van der Waals surface area contributed by atoms with E-state index in [4.69, 9.17) is 23.1 Å². The summed E-state index contributed by atoms with van der Waals surface area (Å²) >= 11 is 5.61. The van der Waals surface area contributed by atoms with Crippen molar-refractivity contribution in [3.63, 3.8) is 0 Å². The van der Waals surface area contributed by atoms with E-state index in [0.717, 1.165) is 5.56 Å². The van der Waals surface area contributed by atoms with Crippen LogP contribution in [-0.2, 0) is 5.12 Å². The summed E-state index contributed by atoms with van der Waals surface area (Å²) in [4.78, 5) is 0. The molecule has 0 unspecified atom stereocenters. The third-order valence-corrected chi connectivity index (χ3v) is 1.43. The molecule has 0 saturated heterocycles. The van der Waals surface area contributed by atoms with Crippen LogP contribution in [0.15, 0.2) is 30.3 Å². The van der Waals surface area contributed by atoms with Gasteiger partial charge in [0.05, 0.1) is 0 Å². The van der Waals surface area contributed by atoms with Crippen LogP contribution in [0.4, 0.5) is 0 Å². The number of rotatable bonds is 1. The predicted octanol–water partition coefficient (Wildman–Crippen LogP) is 0.953. The molecule has 4 N–H and O–H groups in total. The zero-order valence-corrected chi connectivity index (χ0v) is 6.18. The van der Waals surface area contributed by atoms with Crippen LogP contribution in [-0.4, -0.2) is 0 Å². The molecular formula is C7H9ClN2. The Balaban J connectivity index is 2.97. The second-order valence-electron chi connectivity index (χ2n) is 2.13. The zero-order chi connectivity index (χ0) is 7.61. The summed E-state index contributed by atoms with van der Waals surface area (Å²) in [5.41, 5.74) is 11.5. The largest absolute Gasteiger partial charge is 0.297 e. The fraction of sp³-hybridized carbons (Fsp3) is 0.143. The Hall–Kier alpha value is -0.570. The van der Waals surface area contributed by atoms with Crippen molar-refractivity contribution in [3.05, 3.63) is 35.9 Å². The second-order valence-corrected chi connectivity index (χ2v) is 2.76. The van der Waals surface area contributed by atoms with E-state index in [1.165, 1.54) is 0 Å². The van der Waals surface area contributed by atoms with Crippen molar-refractivity contribution in [3.8, 4) is 0 Å². The highest BCUT2D eigenvalue weighted by Gasteiger charge is 2.15. The molecule has 0 aliphatic heterocycles. The van der Waals surface area contributed by atoms with Crippen LogP contribution in [0.5, 0.6) is 0 Å². The van der Waals surface area contributed by atoms with Crippen molar-refractivity contribution in [2.24, 2.45) is 11.5 Å². The van der Waals surface area contributed by atoms with Crippen LogP contribution in [0.1, 0.15) is 5.56 Å². The van der Waals surface area contributed by atoms with Crippen LogP contribution < -0.4 is 11.5 Å². The first-order valence-corrected chi connectivity index (χ1v) is 3.30. The van der Waals surface area contributed by atoms with E-state index in [2.05, 4.69) is 0 Å². The molecular weight excluding hydrogens is 148 g/mol. The maximum Gasteiger partial charge on any atom is 0.167 e. The lowest BCUT2D eigenvalue weighted by Gasteiger charge is -2.15. The molecule has 1 rings (SSSR count). The summed E-state index contributed by atoms with van der Waals surface area (Å²) < 4.78 is 0. The second kappa shape index (κ2) is 2.58. The van der Waals surface area contributed by atoms with E-state index in [-0.39, 0.29) is 0 Å². The van der Waals surface area contributed by atoms with E-state index < -0.39 is 5.12 Å². The monoisotopic (exact) mass is 156 g/mol. The highest BCUT2D eigenvalue weighted by molar-refractivity contribution is 6.23. The van der Waals surface area contributed by atoms with Gasteiger partial charge in [-0.2, -0.15) is 0 Å². The van der Waals surface area contributed by atoms with Gasteiger partial charge in [0.25, 0.3) is 0 Å². The Morgan fingerprint density at radius 1 is 1.10 bits per heavy atom. The zero-order valence-electron chi connectivity index (χ0n) is 5.42. The van der Waals surface area contributed by atoms with Gasteiger partial charge in [-0.15, -0.1) is 0 Å². The number of nitrogens with two attached hydrogens (primary N) is 2. The van der Waals surface area contributed by atoms with Gasteiger partial charge in [-0.25, -0.2) is 0 Å². The fourth-order valence-corrected chi connectivity index (χ4v) is 0.820. The summed E-state index contributed by atoms with van der Waals surface area (Å²) in [6.45, 7) is 0. The third-order valence-electron chi connectivity index (χ3n) is 1.22. The molecule has 0 heterocycles. The molecule has 0 bridgehead atoms. The molecule has 2 nitrogen and oxygen atoms in total. The van der Waals surface area contributed by atoms with E-state index in [1.807, 2.05) is 18.2 Å². The van der Waals surface area contributed by atoms with Gasteiger partial charge in [0, 0.05) is 5.56 Å². The van der Waals surface area contributed by atoms with E-state index in [1.54, 1.807) is 12.1 Å². The van der Waals surface area contributed by atoms with Gasteiger partial charge in [0.2, 0.25) is 0 Å². The van der Waals surface area contributed by atoms with Crippen LogP contribution in [0.3, 0.4) is 0 Å². The van der Waals surface area contributed by atoms with E-state index in [9.17, 15) is 0 Å². The lowest BCUT2D eigenvalue weighted by molar-refractivity contribution is 0.680. The molecule has 0 spiro atoms. The van der Waals surface area contributed by atoms with Crippen LogP contribution in [0.25, 0.3) is 0 Å². The summed E-state index contributed by atoms with van der Waals surface area (Å²) in [5, 5.41) is -1.23. The Bertz CT molecular complexity index is 203. The average Bonchev–Trinajstić information content (AvgIpc) is 1.88. The van der Waals surface area contributed by atoms with Gasteiger partial charge in [-0.3, -0.25) is 11.5 Å². The van der Waals surface area contributed by atoms with Crippen molar-refractivity contribution in [1.29, 1.82) is 0 Å². The Morgan fingerprint density at radius 3 is 1.90 bits per heavy atom. The maximum atomic E-state index is 5.61. The summed E-state index contributed by atoms with van der Waals surface area (Å²) in [7, 11) is 0. The molecule has 0 amide bonds. The molecule has 0 aromatic heterocycles. The van der Waals surface area contributed by atoms with Gasteiger partial charge >= 0.3 is 0 Å². The fourth-order valence-electron chi connectivity index (χ4n) is 0.694. The maximum absolute atomic E-state index is 5.61. The van der Waals surface area contributed by atoms with Crippen molar-refractivity contribution >= 4 is 11.6 Å². The molecule has 10 heavy (non-hydrogen) atoms. The highest BCUT2D eigenvalue weighted by atomic mass is 35.5. The lowest BCUT2D eigenvalue weighted by atomic mass is 10.2. The molecule has 0 saturated carbocycles. The molecule has 0 fully saturated rings. The van der Waals surface area contributed by atoms with Crippen molar-refractivity contribution in [2.75, 3.05) is 0 Å². The van der Waals surface area contributed by atoms with Gasteiger partial charge in [0.15, 0.2) is 5.12 Å². The molecule has 0 radical (unpaired) electrons. The van der Waals surface area contributed by atoms with Gasteiger partial charge in [0.1, 0.15) is 0 Å². The summed E-state index contributed by atoms with van der Waals surface area (Å²) in [6, 6.07) is 9.13.